The molecule has 0 spiro atoms. The van der Waals surface area contributed by atoms with Gasteiger partial charge < -0.3 is 10.0 Å². The highest BCUT2D eigenvalue weighted by Crippen LogP contribution is 2.29. The van der Waals surface area contributed by atoms with Crippen molar-refractivity contribution in [3.05, 3.63) is 29.3 Å². The Morgan fingerprint density at radius 2 is 2.35 bits per heavy atom. The topological polar surface area (TPSA) is 23.5 Å². The van der Waals surface area contributed by atoms with Crippen molar-refractivity contribution < 1.29 is 5.11 Å². The average Bonchev–Trinajstić information content (AvgIpc) is 2.36. The van der Waals surface area contributed by atoms with Crippen LogP contribution in [0.1, 0.15) is 36.5 Å². The van der Waals surface area contributed by atoms with Crippen molar-refractivity contribution in [2.24, 2.45) is 0 Å². The molecular weight excluding hydrogens is 210 g/mol. The lowest BCUT2D eigenvalue weighted by Gasteiger charge is -2.28. The minimum atomic E-state index is -0.427. The van der Waals surface area contributed by atoms with Crippen molar-refractivity contribution in [3.8, 4) is 12.3 Å². The molecule has 1 aliphatic rings. The van der Waals surface area contributed by atoms with Crippen LogP contribution in [0.2, 0.25) is 0 Å². The number of fused-ring (bicyclic) bond motifs is 1. The molecule has 0 fully saturated rings. The molecule has 0 bridgehead atoms. The van der Waals surface area contributed by atoms with Gasteiger partial charge >= 0.3 is 0 Å². The van der Waals surface area contributed by atoms with E-state index in [-0.39, 0.29) is 0 Å². The van der Waals surface area contributed by atoms with Crippen LogP contribution in [0, 0.1) is 12.3 Å². The number of rotatable bonds is 3. The lowest BCUT2D eigenvalue weighted by Crippen LogP contribution is -2.24. The second kappa shape index (κ2) is 5.25. The maximum Gasteiger partial charge on any atom is 0.0799 e. The first kappa shape index (κ1) is 12.0. The van der Waals surface area contributed by atoms with Crippen molar-refractivity contribution in [3.63, 3.8) is 0 Å². The van der Waals surface area contributed by atoms with Crippen LogP contribution in [0.15, 0.2) is 18.2 Å². The quantitative estimate of drug-likeness (QED) is 0.805. The van der Waals surface area contributed by atoms with Gasteiger partial charge in [0.2, 0.25) is 0 Å². The number of aliphatic hydroxyl groups excluding tert-OH is 1. The minimum absolute atomic E-state index is 0.427. The number of benzene rings is 1. The van der Waals surface area contributed by atoms with Crippen LogP contribution >= 0.6 is 0 Å². The number of aryl methyl sites for hydroxylation is 1. The van der Waals surface area contributed by atoms with Gasteiger partial charge in [0.1, 0.15) is 0 Å². The molecule has 17 heavy (non-hydrogen) atoms. The van der Waals surface area contributed by atoms with Gasteiger partial charge in [0.25, 0.3) is 0 Å². The largest absolute Gasteiger partial charge is 0.388 e. The highest BCUT2D eigenvalue weighted by molar-refractivity contribution is 5.56. The summed E-state index contributed by atoms with van der Waals surface area (Å²) in [6, 6.07) is 6.26. The molecule has 0 saturated heterocycles. The Kier molecular flexibility index (Phi) is 3.71. The lowest BCUT2D eigenvalue weighted by atomic mass is 9.96. The first-order valence-corrected chi connectivity index (χ1v) is 6.18. The molecule has 2 heteroatoms. The van der Waals surface area contributed by atoms with E-state index in [1.54, 1.807) is 0 Å². The van der Waals surface area contributed by atoms with Gasteiger partial charge in [-0.25, -0.2) is 0 Å². The maximum atomic E-state index is 10.0. The fourth-order valence-electron chi connectivity index (χ4n) is 2.40. The van der Waals surface area contributed by atoms with E-state index >= 15 is 0 Å². The van der Waals surface area contributed by atoms with Gasteiger partial charge in [0.05, 0.1) is 6.10 Å². The van der Waals surface area contributed by atoms with Gasteiger partial charge in [-0.3, -0.25) is 0 Å². The van der Waals surface area contributed by atoms with Gasteiger partial charge in [0, 0.05) is 25.7 Å². The van der Waals surface area contributed by atoms with Crippen molar-refractivity contribution in [2.75, 3.05) is 18.5 Å². The fraction of sp³-hybridized carbons (Fsp3) is 0.467. The van der Waals surface area contributed by atoms with E-state index in [0.717, 1.165) is 18.5 Å². The van der Waals surface area contributed by atoms with Gasteiger partial charge in [0.15, 0.2) is 0 Å². The standard InChI is InChI=1S/C15H19NO/c1-3-4-7-15(17)13-8-9-14-12(11-13)6-5-10-16(14)2/h1,8-9,11,15,17H,4-7,10H2,2H3. The van der Waals surface area contributed by atoms with Gasteiger partial charge in [-0.2, -0.15) is 0 Å². The molecule has 1 N–H and O–H groups in total. The van der Waals surface area contributed by atoms with Crippen molar-refractivity contribution in [1.82, 2.24) is 0 Å². The average molecular weight is 229 g/mol. The van der Waals surface area contributed by atoms with Crippen LogP contribution in [0.5, 0.6) is 0 Å². The second-order valence-corrected chi connectivity index (χ2v) is 4.67. The number of terminal acetylenes is 1. The molecule has 0 amide bonds. The second-order valence-electron chi connectivity index (χ2n) is 4.67. The molecule has 90 valence electrons. The minimum Gasteiger partial charge on any atom is -0.388 e. The van der Waals surface area contributed by atoms with E-state index in [4.69, 9.17) is 6.42 Å². The van der Waals surface area contributed by atoms with Crippen LogP contribution in [-0.2, 0) is 6.42 Å². The third-order valence-electron chi connectivity index (χ3n) is 3.40. The van der Waals surface area contributed by atoms with E-state index in [9.17, 15) is 5.11 Å². The van der Waals surface area contributed by atoms with E-state index in [1.807, 2.05) is 6.07 Å². The highest BCUT2D eigenvalue weighted by atomic mass is 16.3. The number of hydrogen-bond donors (Lipinski definition) is 1. The zero-order valence-corrected chi connectivity index (χ0v) is 10.3. The zero-order valence-electron chi connectivity index (χ0n) is 10.3. The van der Waals surface area contributed by atoms with Crippen molar-refractivity contribution in [1.29, 1.82) is 0 Å². The van der Waals surface area contributed by atoms with Gasteiger partial charge in [-0.1, -0.05) is 12.1 Å². The van der Waals surface area contributed by atoms with Gasteiger partial charge in [-0.05, 0) is 36.5 Å². The van der Waals surface area contributed by atoms with Crippen LogP contribution in [0.3, 0.4) is 0 Å². The zero-order chi connectivity index (χ0) is 12.3. The molecule has 0 aromatic heterocycles. The SMILES string of the molecule is C#CCCC(O)c1ccc2c(c1)CCCN2C. The van der Waals surface area contributed by atoms with Crippen molar-refractivity contribution >= 4 is 5.69 Å². The van der Waals surface area contributed by atoms with Crippen LogP contribution in [0.25, 0.3) is 0 Å². The molecular formula is C15H19NO. The van der Waals surface area contributed by atoms with Crippen LogP contribution < -0.4 is 4.90 Å². The van der Waals surface area contributed by atoms with E-state index in [1.165, 1.54) is 17.7 Å². The Bertz CT molecular complexity index is 433. The van der Waals surface area contributed by atoms with E-state index < -0.39 is 6.10 Å². The smallest absolute Gasteiger partial charge is 0.0799 e. The predicted octanol–water partition coefficient (Wildman–Crippen LogP) is 2.52. The predicted molar refractivity (Wildman–Crippen MR) is 71.1 cm³/mol. The monoisotopic (exact) mass is 229 g/mol. The normalized spacial score (nSPS) is 16.2. The summed E-state index contributed by atoms with van der Waals surface area (Å²) in [6.07, 6.45) is 8.35. The molecule has 0 saturated carbocycles. The van der Waals surface area contributed by atoms with E-state index in [0.29, 0.717) is 12.8 Å². The molecule has 2 rings (SSSR count). The highest BCUT2D eigenvalue weighted by Gasteiger charge is 2.15. The summed E-state index contributed by atoms with van der Waals surface area (Å²) in [5, 5.41) is 10.0. The first-order chi connectivity index (χ1) is 8.22. The van der Waals surface area contributed by atoms with Gasteiger partial charge in [-0.15, -0.1) is 12.3 Å². The molecule has 1 aromatic carbocycles. The Morgan fingerprint density at radius 3 is 3.12 bits per heavy atom. The molecule has 1 aliphatic heterocycles. The molecule has 1 atom stereocenters. The number of nitrogens with zero attached hydrogens (tertiary/aromatic N) is 1. The molecule has 1 unspecified atom stereocenters. The van der Waals surface area contributed by atoms with Crippen LogP contribution in [-0.4, -0.2) is 18.7 Å². The number of anilines is 1. The summed E-state index contributed by atoms with van der Waals surface area (Å²) < 4.78 is 0. The number of aliphatic hydroxyl groups is 1. The summed E-state index contributed by atoms with van der Waals surface area (Å²) in [7, 11) is 2.12. The summed E-state index contributed by atoms with van der Waals surface area (Å²) in [5.41, 5.74) is 3.63. The molecule has 0 aliphatic carbocycles. The summed E-state index contributed by atoms with van der Waals surface area (Å²) in [5.74, 6) is 2.57. The molecule has 1 aromatic rings. The summed E-state index contributed by atoms with van der Waals surface area (Å²) in [4.78, 5) is 2.27. The fourth-order valence-corrected chi connectivity index (χ4v) is 2.40. The molecule has 2 nitrogen and oxygen atoms in total. The Hall–Kier alpha value is -1.46. The van der Waals surface area contributed by atoms with Crippen LogP contribution in [0.4, 0.5) is 5.69 Å². The Labute approximate surface area is 103 Å². The summed E-state index contributed by atoms with van der Waals surface area (Å²) in [6.45, 7) is 1.12. The first-order valence-electron chi connectivity index (χ1n) is 6.18. The van der Waals surface area contributed by atoms with Crippen molar-refractivity contribution in [2.45, 2.75) is 31.8 Å². The molecule has 1 heterocycles. The maximum absolute atomic E-state index is 10.0. The Balaban J connectivity index is 2.18. The van der Waals surface area contributed by atoms with E-state index in [2.05, 4.69) is 30.0 Å². The summed E-state index contributed by atoms with van der Waals surface area (Å²) >= 11 is 0. The Morgan fingerprint density at radius 1 is 1.53 bits per heavy atom. The number of hydrogen-bond acceptors (Lipinski definition) is 2. The third kappa shape index (κ3) is 2.62. The molecule has 0 radical (unpaired) electrons. The third-order valence-corrected chi connectivity index (χ3v) is 3.40. The lowest BCUT2D eigenvalue weighted by molar-refractivity contribution is 0.169.